The highest BCUT2D eigenvalue weighted by molar-refractivity contribution is 5.79. The number of ether oxygens (including phenoxy) is 1. The first kappa shape index (κ1) is 15.4. The Balaban J connectivity index is 2.28. The fraction of sp³-hybridized carbons (Fsp3) is 0.750. The van der Waals surface area contributed by atoms with Crippen molar-refractivity contribution in [2.75, 3.05) is 33.4 Å². The lowest BCUT2D eigenvalue weighted by Crippen LogP contribution is -2.38. The van der Waals surface area contributed by atoms with E-state index in [0.29, 0.717) is 24.7 Å². The molecule has 1 rings (SSSR count). The molecule has 0 unspecified atom stereocenters. The Bertz CT molecular complexity index is 378. The van der Waals surface area contributed by atoms with E-state index in [9.17, 15) is 0 Å². The number of aryl methyl sites for hydroxylation is 1. The number of aliphatic imine (C=N–C) groups is 1. The van der Waals surface area contributed by atoms with E-state index in [0.717, 1.165) is 32.1 Å². The van der Waals surface area contributed by atoms with Crippen molar-refractivity contribution in [3.05, 3.63) is 11.7 Å². The SMILES string of the molecule is CCNC(=NCCCOC)NCCc1nc(C)no1. The predicted molar refractivity (Wildman–Crippen MR) is 73.2 cm³/mol. The van der Waals surface area contributed by atoms with Gasteiger partial charge in [0.1, 0.15) is 0 Å². The van der Waals surface area contributed by atoms with Crippen LogP contribution in [0.25, 0.3) is 0 Å². The Morgan fingerprint density at radius 1 is 1.42 bits per heavy atom. The molecular formula is C12H23N5O2. The first-order valence-corrected chi connectivity index (χ1v) is 6.56. The number of nitrogens with one attached hydrogen (secondary N) is 2. The van der Waals surface area contributed by atoms with Gasteiger partial charge in [-0.3, -0.25) is 4.99 Å². The molecule has 0 amide bonds. The largest absolute Gasteiger partial charge is 0.385 e. The molecule has 0 aromatic carbocycles. The minimum absolute atomic E-state index is 0.639. The second kappa shape index (κ2) is 9.32. The monoisotopic (exact) mass is 269 g/mol. The summed E-state index contributed by atoms with van der Waals surface area (Å²) in [7, 11) is 1.69. The van der Waals surface area contributed by atoms with Gasteiger partial charge in [0.25, 0.3) is 0 Å². The van der Waals surface area contributed by atoms with Gasteiger partial charge in [0, 0.05) is 39.8 Å². The summed E-state index contributed by atoms with van der Waals surface area (Å²) in [5.41, 5.74) is 0. The molecule has 2 N–H and O–H groups in total. The molecule has 0 atom stereocenters. The van der Waals surface area contributed by atoms with E-state index in [1.807, 2.05) is 13.8 Å². The summed E-state index contributed by atoms with van der Waals surface area (Å²) in [4.78, 5) is 8.58. The van der Waals surface area contributed by atoms with Crippen LogP contribution in [-0.2, 0) is 11.2 Å². The minimum Gasteiger partial charge on any atom is -0.385 e. The Hall–Kier alpha value is -1.63. The maximum absolute atomic E-state index is 5.04. The van der Waals surface area contributed by atoms with Gasteiger partial charge in [-0.05, 0) is 20.3 Å². The fourth-order valence-corrected chi connectivity index (χ4v) is 1.47. The topological polar surface area (TPSA) is 84.6 Å². The standard InChI is InChI=1S/C12H23N5O2/c1-4-13-12(14-7-5-9-18-3)15-8-6-11-16-10(2)17-19-11/h4-9H2,1-3H3,(H2,13,14,15). The molecule has 0 bridgehead atoms. The zero-order chi connectivity index (χ0) is 13.9. The number of hydrogen-bond acceptors (Lipinski definition) is 5. The van der Waals surface area contributed by atoms with Crippen LogP contribution < -0.4 is 10.6 Å². The lowest BCUT2D eigenvalue weighted by molar-refractivity contribution is 0.197. The molecule has 0 aliphatic rings. The maximum atomic E-state index is 5.04. The highest BCUT2D eigenvalue weighted by Crippen LogP contribution is 1.95. The van der Waals surface area contributed by atoms with Gasteiger partial charge in [-0.15, -0.1) is 0 Å². The molecule has 0 radical (unpaired) electrons. The van der Waals surface area contributed by atoms with Crippen molar-refractivity contribution >= 4 is 5.96 Å². The molecule has 7 heteroatoms. The van der Waals surface area contributed by atoms with Gasteiger partial charge in [0.05, 0.1) is 0 Å². The molecule has 1 aromatic rings. The van der Waals surface area contributed by atoms with Crippen molar-refractivity contribution in [1.29, 1.82) is 0 Å². The van der Waals surface area contributed by atoms with Crippen molar-refractivity contribution in [3.8, 4) is 0 Å². The van der Waals surface area contributed by atoms with Crippen molar-refractivity contribution in [2.24, 2.45) is 4.99 Å². The quantitative estimate of drug-likeness (QED) is 0.406. The zero-order valence-electron chi connectivity index (χ0n) is 11.9. The van der Waals surface area contributed by atoms with Gasteiger partial charge >= 0.3 is 0 Å². The molecule has 0 saturated heterocycles. The van der Waals surface area contributed by atoms with Gasteiger partial charge in [0.2, 0.25) is 5.89 Å². The van der Waals surface area contributed by atoms with Gasteiger partial charge in [-0.1, -0.05) is 5.16 Å². The zero-order valence-corrected chi connectivity index (χ0v) is 11.9. The molecule has 0 aliphatic heterocycles. The third-order valence-electron chi connectivity index (χ3n) is 2.32. The Morgan fingerprint density at radius 3 is 2.89 bits per heavy atom. The van der Waals surface area contributed by atoms with Crippen molar-refractivity contribution in [3.63, 3.8) is 0 Å². The smallest absolute Gasteiger partial charge is 0.228 e. The summed E-state index contributed by atoms with van der Waals surface area (Å²) >= 11 is 0. The number of nitrogens with zero attached hydrogens (tertiary/aromatic N) is 3. The molecule has 1 heterocycles. The summed E-state index contributed by atoms with van der Waals surface area (Å²) < 4.78 is 10.0. The molecule has 0 saturated carbocycles. The first-order chi connectivity index (χ1) is 9.26. The van der Waals surface area contributed by atoms with Crippen LogP contribution in [0.5, 0.6) is 0 Å². The van der Waals surface area contributed by atoms with Gasteiger partial charge in [-0.25, -0.2) is 0 Å². The van der Waals surface area contributed by atoms with Crippen molar-refractivity contribution in [1.82, 2.24) is 20.8 Å². The third kappa shape index (κ3) is 6.76. The van der Waals surface area contributed by atoms with Crippen LogP contribution in [-0.4, -0.2) is 49.5 Å². The highest BCUT2D eigenvalue weighted by atomic mass is 16.5. The van der Waals surface area contributed by atoms with E-state index < -0.39 is 0 Å². The van der Waals surface area contributed by atoms with Crippen molar-refractivity contribution < 1.29 is 9.26 Å². The van der Waals surface area contributed by atoms with Gasteiger partial charge < -0.3 is 19.9 Å². The molecule has 7 nitrogen and oxygen atoms in total. The lowest BCUT2D eigenvalue weighted by atomic mass is 10.4. The van der Waals surface area contributed by atoms with Crippen LogP contribution in [0.4, 0.5) is 0 Å². The number of methoxy groups -OCH3 is 1. The van der Waals surface area contributed by atoms with Crippen LogP contribution in [0.1, 0.15) is 25.1 Å². The summed E-state index contributed by atoms with van der Waals surface area (Å²) in [6.07, 6.45) is 1.60. The van der Waals surface area contributed by atoms with Crippen molar-refractivity contribution in [2.45, 2.75) is 26.7 Å². The predicted octanol–water partition coefficient (Wildman–Crippen LogP) is 0.512. The number of rotatable bonds is 8. The van der Waals surface area contributed by atoms with E-state index in [-0.39, 0.29) is 0 Å². The maximum Gasteiger partial charge on any atom is 0.228 e. The second-order valence-corrected chi connectivity index (χ2v) is 4.02. The van der Waals surface area contributed by atoms with Gasteiger partial charge in [-0.2, -0.15) is 4.98 Å². The number of aromatic nitrogens is 2. The van der Waals surface area contributed by atoms with E-state index in [1.54, 1.807) is 7.11 Å². The van der Waals surface area contributed by atoms with Crippen LogP contribution in [0.2, 0.25) is 0 Å². The second-order valence-electron chi connectivity index (χ2n) is 4.02. The molecule has 108 valence electrons. The molecule has 0 fully saturated rings. The van der Waals surface area contributed by atoms with Crippen LogP contribution >= 0.6 is 0 Å². The third-order valence-corrected chi connectivity index (χ3v) is 2.32. The van der Waals surface area contributed by atoms with Crippen LogP contribution in [0.15, 0.2) is 9.52 Å². The first-order valence-electron chi connectivity index (χ1n) is 6.56. The number of hydrogen-bond donors (Lipinski definition) is 2. The average Bonchev–Trinajstić information content (AvgIpc) is 2.80. The Labute approximate surface area is 113 Å². The van der Waals surface area contributed by atoms with E-state index in [4.69, 9.17) is 9.26 Å². The normalized spacial score (nSPS) is 11.6. The lowest BCUT2D eigenvalue weighted by Gasteiger charge is -2.10. The molecule has 0 aliphatic carbocycles. The summed E-state index contributed by atoms with van der Waals surface area (Å²) in [5, 5.41) is 10.2. The summed E-state index contributed by atoms with van der Waals surface area (Å²) in [6.45, 7) is 6.84. The van der Waals surface area contributed by atoms with E-state index in [1.165, 1.54) is 0 Å². The van der Waals surface area contributed by atoms with Crippen LogP contribution in [0.3, 0.4) is 0 Å². The molecule has 0 spiro atoms. The molecule has 1 aromatic heterocycles. The Morgan fingerprint density at radius 2 is 2.26 bits per heavy atom. The van der Waals surface area contributed by atoms with E-state index >= 15 is 0 Å². The average molecular weight is 269 g/mol. The van der Waals surface area contributed by atoms with Gasteiger partial charge in [0.15, 0.2) is 11.8 Å². The molecule has 19 heavy (non-hydrogen) atoms. The van der Waals surface area contributed by atoms with E-state index in [2.05, 4.69) is 25.8 Å². The summed E-state index contributed by atoms with van der Waals surface area (Å²) in [6, 6.07) is 0. The summed E-state index contributed by atoms with van der Waals surface area (Å²) in [5.74, 6) is 2.10. The Kier molecular flexibility index (Phi) is 7.57. The van der Waals surface area contributed by atoms with Crippen LogP contribution in [0, 0.1) is 6.92 Å². The number of guanidine groups is 1. The highest BCUT2D eigenvalue weighted by Gasteiger charge is 2.03. The fourth-order valence-electron chi connectivity index (χ4n) is 1.47. The minimum atomic E-state index is 0.639. The molecular weight excluding hydrogens is 246 g/mol.